The summed E-state index contributed by atoms with van der Waals surface area (Å²) in [7, 11) is 1.67. The molecular formula is C21H22N4O2S. The monoisotopic (exact) mass is 394 g/mol. The highest BCUT2D eigenvalue weighted by Crippen LogP contribution is 2.34. The van der Waals surface area contributed by atoms with Gasteiger partial charge >= 0.3 is 0 Å². The summed E-state index contributed by atoms with van der Waals surface area (Å²) in [6, 6.07) is 9.85. The average Bonchev–Trinajstić information content (AvgIpc) is 3.30. The molecule has 144 valence electrons. The molecule has 1 aliphatic carbocycles. The van der Waals surface area contributed by atoms with Crippen molar-refractivity contribution < 1.29 is 9.53 Å². The lowest BCUT2D eigenvalue weighted by Gasteiger charge is -2.12. The molecule has 1 unspecified atom stereocenters. The molecule has 1 amide bonds. The molecule has 4 rings (SSSR count). The fourth-order valence-corrected chi connectivity index (χ4v) is 4.37. The molecule has 2 heterocycles. The number of amides is 1. The number of thioether (sulfide) groups is 1. The fourth-order valence-electron chi connectivity index (χ4n) is 3.25. The van der Waals surface area contributed by atoms with E-state index in [0.29, 0.717) is 24.0 Å². The normalized spacial score (nSPS) is 26.1. The first-order valence-electron chi connectivity index (χ1n) is 9.34. The number of aliphatic imine (C=N–C) groups is 2. The summed E-state index contributed by atoms with van der Waals surface area (Å²) in [5.74, 6) is -0.603. The molecule has 6 nitrogen and oxygen atoms in total. The van der Waals surface area contributed by atoms with Gasteiger partial charge in [0.15, 0.2) is 5.17 Å². The average molecular weight is 395 g/mol. The van der Waals surface area contributed by atoms with E-state index in [9.17, 15) is 4.79 Å². The number of hydrogen-bond donors (Lipinski definition) is 0. The first-order chi connectivity index (χ1) is 13.8. The van der Waals surface area contributed by atoms with Gasteiger partial charge in [0.05, 0.1) is 17.0 Å². The molecule has 0 bridgehead atoms. The van der Waals surface area contributed by atoms with E-state index < -0.39 is 5.92 Å². The molecule has 0 saturated carbocycles. The van der Waals surface area contributed by atoms with Gasteiger partial charge < -0.3 is 4.74 Å². The zero-order chi connectivity index (χ0) is 19.3. The van der Waals surface area contributed by atoms with Crippen LogP contribution >= 0.6 is 11.8 Å². The Morgan fingerprint density at radius 1 is 1.25 bits per heavy atom. The molecule has 1 aromatic rings. The van der Waals surface area contributed by atoms with Crippen LogP contribution in [0.25, 0.3) is 0 Å². The van der Waals surface area contributed by atoms with Crippen molar-refractivity contribution in [1.29, 1.82) is 0 Å². The number of hydrogen-bond acceptors (Lipinski definition) is 6. The SMILES string of the molecule is COCCCN=CC1C(=O)N(C2=N[C@H]3C=CC=C[C@@H]3S2)N=C1c1ccccc1. The maximum absolute atomic E-state index is 13.2. The molecule has 2 aliphatic heterocycles. The van der Waals surface area contributed by atoms with Gasteiger partial charge in [-0.25, -0.2) is 0 Å². The van der Waals surface area contributed by atoms with Crippen LogP contribution in [0.15, 0.2) is 69.7 Å². The summed E-state index contributed by atoms with van der Waals surface area (Å²) in [4.78, 5) is 22.3. The van der Waals surface area contributed by atoms with Crippen LogP contribution < -0.4 is 0 Å². The number of amidine groups is 1. The van der Waals surface area contributed by atoms with E-state index in [-0.39, 0.29) is 17.2 Å². The van der Waals surface area contributed by atoms with E-state index in [0.717, 1.165) is 12.0 Å². The quantitative estimate of drug-likeness (QED) is 0.550. The lowest BCUT2D eigenvalue weighted by molar-refractivity contribution is -0.126. The third kappa shape index (κ3) is 3.86. The Morgan fingerprint density at radius 3 is 2.86 bits per heavy atom. The van der Waals surface area contributed by atoms with Gasteiger partial charge in [0.25, 0.3) is 5.91 Å². The van der Waals surface area contributed by atoms with Crippen molar-refractivity contribution in [3.8, 4) is 0 Å². The molecule has 3 aliphatic rings. The van der Waals surface area contributed by atoms with Gasteiger partial charge in [-0.3, -0.25) is 14.8 Å². The Labute approximate surface area is 168 Å². The maximum atomic E-state index is 13.2. The molecule has 0 radical (unpaired) electrons. The van der Waals surface area contributed by atoms with Gasteiger partial charge in [-0.1, -0.05) is 66.4 Å². The van der Waals surface area contributed by atoms with Gasteiger partial charge in [-0.2, -0.15) is 10.1 Å². The number of carbonyl (C=O) groups is 1. The molecular weight excluding hydrogens is 372 g/mol. The summed E-state index contributed by atoms with van der Waals surface area (Å²) in [5, 5.41) is 7.00. The Kier molecular flexibility index (Phi) is 5.83. The number of nitrogens with zero attached hydrogens (tertiary/aromatic N) is 4. The second kappa shape index (κ2) is 8.67. The van der Waals surface area contributed by atoms with Crippen LogP contribution in [-0.2, 0) is 9.53 Å². The predicted molar refractivity (Wildman–Crippen MR) is 114 cm³/mol. The van der Waals surface area contributed by atoms with Crippen LogP contribution in [0.4, 0.5) is 0 Å². The van der Waals surface area contributed by atoms with Crippen LogP contribution in [0.2, 0.25) is 0 Å². The molecule has 0 aromatic heterocycles. The Morgan fingerprint density at radius 2 is 2.07 bits per heavy atom. The topological polar surface area (TPSA) is 66.6 Å². The highest BCUT2D eigenvalue weighted by molar-refractivity contribution is 8.14. The minimum atomic E-state index is -0.498. The lowest BCUT2D eigenvalue weighted by Crippen LogP contribution is -2.31. The smallest absolute Gasteiger partial charge is 0.263 e. The molecule has 1 aromatic carbocycles. The van der Waals surface area contributed by atoms with Gasteiger partial charge in [-0.15, -0.1) is 0 Å². The second-order valence-electron chi connectivity index (χ2n) is 6.64. The first-order valence-corrected chi connectivity index (χ1v) is 10.2. The van der Waals surface area contributed by atoms with E-state index in [1.165, 1.54) is 5.01 Å². The van der Waals surface area contributed by atoms with E-state index in [4.69, 9.17) is 9.73 Å². The molecule has 7 heteroatoms. The molecule has 0 saturated heterocycles. The summed E-state index contributed by atoms with van der Waals surface area (Å²) in [5.41, 5.74) is 1.64. The molecule has 28 heavy (non-hydrogen) atoms. The number of carbonyl (C=O) groups excluding carboxylic acids is 1. The van der Waals surface area contributed by atoms with Crippen molar-refractivity contribution in [2.75, 3.05) is 20.3 Å². The van der Waals surface area contributed by atoms with Crippen molar-refractivity contribution in [2.24, 2.45) is 21.0 Å². The van der Waals surface area contributed by atoms with Crippen LogP contribution in [0.3, 0.4) is 0 Å². The van der Waals surface area contributed by atoms with E-state index in [1.807, 2.05) is 42.5 Å². The number of ether oxygens (including phenoxy) is 1. The predicted octanol–water partition coefficient (Wildman–Crippen LogP) is 2.92. The zero-order valence-electron chi connectivity index (χ0n) is 15.6. The molecule has 0 spiro atoms. The molecule has 0 N–H and O–H groups in total. The van der Waals surface area contributed by atoms with Crippen LogP contribution in [0.5, 0.6) is 0 Å². The van der Waals surface area contributed by atoms with Gasteiger partial charge in [0.1, 0.15) is 5.92 Å². The lowest BCUT2D eigenvalue weighted by atomic mass is 9.98. The zero-order valence-corrected chi connectivity index (χ0v) is 16.5. The van der Waals surface area contributed by atoms with Gasteiger partial charge in [0.2, 0.25) is 0 Å². The van der Waals surface area contributed by atoms with Crippen molar-refractivity contribution in [1.82, 2.24) is 5.01 Å². The van der Waals surface area contributed by atoms with Crippen molar-refractivity contribution in [2.45, 2.75) is 17.7 Å². The minimum Gasteiger partial charge on any atom is -0.385 e. The largest absolute Gasteiger partial charge is 0.385 e. The highest BCUT2D eigenvalue weighted by atomic mass is 32.2. The standard InChI is InChI=1S/C21H22N4O2S/c1-27-13-7-12-22-14-16-19(15-8-3-2-4-9-15)24-25(20(16)26)21-23-17-10-5-6-11-18(17)28-21/h2-6,8-11,14,16-18H,7,12-13H2,1H3/t16?,17-,18-/m0/s1. The summed E-state index contributed by atoms with van der Waals surface area (Å²) in [6.07, 6.45) is 10.7. The minimum absolute atomic E-state index is 0.0648. The Bertz CT molecular complexity index is 876. The first kappa shape index (κ1) is 18.8. The van der Waals surface area contributed by atoms with Crippen molar-refractivity contribution in [3.63, 3.8) is 0 Å². The van der Waals surface area contributed by atoms with Gasteiger partial charge in [-0.05, 0) is 12.0 Å². The van der Waals surface area contributed by atoms with Crippen molar-refractivity contribution in [3.05, 3.63) is 60.2 Å². The van der Waals surface area contributed by atoms with E-state index in [2.05, 4.69) is 22.2 Å². The second-order valence-corrected chi connectivity index (χ2v) is 7.78. The maximum Gasteiger partial charge on any atom is 0.263 e. The van der Waals surface area contributed by atoms with Crippen LogP contribution in [-0.4, -0.2) is 59.6 Å². The Hall–Kier alpha value is -2.51. The van der Waals surface area contributed by atoms with E-state index in [1.54, 1.807) is 25.1 Å². The number of methoxy groups -OCH3 is 1. The number of benzene rings is 1. The summed E-state index contributed by atoms with van der Waals surface area (Å²) in [6.45, 7) is 1.27. The fraction of sp³-hybridized carbons (Fsp3) is 0.333. The third-order valence-corrected chi connectivity index (χ3v) is 5.87. The number of allylic oxidation sites excluding steroid dienone is 2. The van der Waals surface area contributed by atoms with E-state index >= 15 is 0 Å². The summed E-state index contributed by atoms with van der Waals surface area (Å²) < 4.78 is 5.05. The third-order valence-electron chi connectivity index (χ3n) is 4.68. The summed E-state index contributed by atoms with van der Waals surface area (Å²) >= 11 is 1.58. The molecule has 0 fully saturated rings. The number of hydrazone groups is 1. The number of rotatable bonds is 6. The van der Waals surface area contributed by atoms with Gasteiger partial charge in [0, 0.05) is 26.5 Å². The van der Waals surface area contributed by atoms with Crippen molar-refractivity contribution >= 4 is 34.8 Å². The highest BCUT2D eigenvalue weighted by Gasteiger charge is 2.41. The molecule has 3 atom stereocenters. The Balaban J connectivity index is 1.58. The van der Waals surface area contributed by atoms with Crippen LogP contribution in [0, 0.1) is 5.92 Å². The number of fused-ring (bicyclic) bond motifs is 1. The van der Waals surface area contributed by atoms with Crippen LogP contribution in [0.1, 0.15) is 12.0 Å².